The van der Waals surface area contributed by atoms with Gasteiger partial charge in [0.05, 0.1) is 25.3 Å². The van der Waals surface area contributed by atoms with Crippen LogP contribution in [0.15, 0.2) is 12.1 Å². The van der Waals surface area contributed by atoms with E-state index in [2.05, 4.69) is 9.97 Å². The predicted octanol–water partition coefficient (Wildman–Crippen LogP) is 2.06. The number of methoxy groups -OCH3 is 2. The number of aromatic nitrogens is 2. The minimum absolute atomic E-state index is 0.0330. The average Bonchev–Trinajstić information content (AvgIpc) is 3.09. The molecule has 0 atom stereocenters. The monoisotopic (exact) mass is 304 g/mol. The van der Waals surface area contributed by atoms with Crippen LogP contribution in [0, 0.1) is 0 Å². The van der Waals surface area contributed by atoms with Crippen molar-refractivity contribution in [3.8, 4) is 11.5 Å². The molecular weight excluding hydrogens is 292 g/mol. The first kappa shape index (κ1) is 13.8. The summed E-state index contributed by atoms with van der Waals surface area (Å²) in [5.41, 5.74) is 0.818. The molecule has 22 heavy (non-hydrogen) atoms. The van der Waals surface area contributed by atoms with E-state index in [1.165, 1.54) is 26.4 Å². The molecule has 0 unspecified atom stereocenters. The zero-order valence-corrected chi connectivity index (χ0v) is 11.7. The van der Waals surface area contributed by atoms with Crippen LogP contribution in [0.3, 0.4) is 0 Å². The lowest BCUT2D eigenvalue weighted by molar-refractivity contribution is 0.0680. The molecule has 3 rings (SSSR count). The molecule has 8 nitrogen and oxygen atoms in total. The van der Waals surface area contributed by atoms with E-state index in [1.807, 2.05) is 0 Å². The predicted molar refractivity (Wildman–Crippen MR) is 77.2 cm³/mol. The van der Waals surface area contributed by atoms with E-state index >= 15 is 0 Å². The molecule has 114 valence electrons. The van der Waals surface area contributed by atoms with Crippen LogP contribution in [0.4, 0.5) is 0 Å². The summed E-state index contributed by atoms with van der Waals surface area (Å²) in [6.45, 7) is 0. The largest absolute Gasteiger partial charge is 0.492 e. The Morgan fingerprint density at radius 3 is 1.50 bits per heavy atom. The molecule has 0 spiro atoms. The summed E-state index contributed by atoms with van der Waals surface area (Å²) in [6.07, 6.45) is 0. The highest BCUT2D eigenvalue weighted by Gasteiger charge is 2.22. The van der Waals surface area contributed by atoms with Gasteiger partial charge in [0.1, 0.15) is 11.4 Å². The molecule has 0 amide bonds. The molecule has 0 radical (unpaired) electrons. The van der Waals surface area contributed by atoms with Gasteiger partial charge in [0.15, 0.2) is 11.5 Å². The molecule has 4 N–H and O–H groups in total. The Kier molecular flexibility index (Phi) is 2.94. The third-order valence-electron chi connectivity index (χ3n) is 3.45. The van der Waals surface area contributed by atoms with Crippen LogP contribution in [0.25, 0.3) is 21.8 Å². The van der Waals surface area contributed by atoms with Gasteiger partial charge in [-0.25, -0.2) is 9.59 Å². The summed E-state index contributed by atoms with van der Waals surface area (Å²) in [4.78, 5) is 27.8. The van der Waals surface area contributed by atoms with Crippen LogP contribution >= 0.6 is 0 Å². The smallest absolute Gasteiger partial charge is 0.352 e. The van der Waals surface area contributed by atoms with E-state index in [-0.39, 0.29) is 11.4 Å². The van der Waals surface area contributed by atoms with Crippen LogP contribution < -0.4 is 9.47 Å². The maximum absolute atomic E-state index is 11.2. The molecule has 0 saturated carbocycles. The van der Waals surface area contributed by atoms with Gasteiger partial charge in [-0.3, -0.25) is 0 Å². The molecular formula is C14H12N2O6. The summed E-state index contributed by atoms with van der Waals surface area (Å²) in [6, 6.07) is 2.83. The molecule has 3 aromatic rings. The number of aromatic carboxylic acids is 2. The van der Waals surface area contributed by atoms with Gasteiger partial charge in [0, 0.05) is 10.8 Å². The third-order valence-corrected chi connectivity index (χ3v) is 3.45. The minimum atomic E-state index is -1.13. The molecule has 0 aliphatic rings. The number of aromatic amines is 2. The van der Waals surface area contributed by atoms with Gasteiger partial charge < -0.3 is 29.7 Å². The summed E-state index contributed by atoms with van der Waals surface area (Å²) in [7, 11) is 2.86. The standard InChI is InChI=1S/C14H12N2O6/c1-21-11-5-3-7(13(17)18)15-9(5)10-6(12(11)22-2)4-8(16-10)14(19)20/h3-4,15-16H,1-2H3,(H,17,18)(H,19,20). The topological polar surface area (TPSA) is 125 Å². The van der Waals surface area contributed by atoms with Gasteiger partial charge >= 0.3 is 11.9 Å². The van der Waals surface area contributed by atoms with Crippen molar-refractivity contribution in [1.29, 1.82) is 0 Å². The number of ether oxygens (including phenoxy) is 2. The molecule has 0 fully saturated rings. The van der Waals surface area contributed by atoms with E-state index in [4.69, 9.17) is 19.7 Å². The minimum Gasteiger partial charge on any atom is -0.492 e. The summed E-state index contributed by atoms with van der Waals surface area (Å²) in [5.74, 6) is -1.58. The second-order valence-corrected chi connectivity index (χ2v) is 4.62. The van der Waals surface area contributed by atoms with Crippen LogP contribution in [0.2, 0.25) is 0 Å². The molecule has 2 heterocycles. The Hall–Kier alpha value is -3.16. The Balaban J connectivity index is 2.51. The lowest BCUT2D eigenvalue weighted by atomic mass is 10.1. The van der Waals surface area contributed by atoms with Crippen molar-refractivity contribution < 1.29 is 29.3 Å². The molecule has 8 heteroatoms. The number of hydrogen-bond acceptors (Lipinski definition) is 4. The molecule has 0 saturated heterocycles. The van der Waals surface area contributed by atoms with Gasteiger partial charge in [0.2, 0.25) is 0 Å². The van der Waals surface area contributed by atoms with Crippen LogP contribution in [-0.4, -0.2) is 46.3 Å². The highest BCUT2D eigenvalue weighted by Crippen LogP contribution is 2.43. The first-order valence-electron chi connectivity index (χ1n) is 6.23. The first-order valence-corrected chi connectivity index (χ1v) is 6.23. The van der Waals surface area contributed by atoms with Crippen molar-refractivity contribution in [2.24, 2.45) is 0 Å². The summed E-state index contributed by atoms with van der Waals surface area (Å²) >= 11 is 0. The number of fused-ring (bicyclic) bond motifs is 3. The van der Waals surface area contributed by atoms with E-state index in [1.54, 1.807) is 0 Å². The third kappa shape index (κ3) is 1.77. The normalized spacial score (nSPS) is 11.0. The first-order chi connectivity index (χ1) is 10.5. The van der Waals surface area contributed by atoms with Crippen molar-refractivity contribution in [3.05, 3.63) is 23.5 Å². The van der Waals surface area contributed by atoms with E-state index < -0.39 is 11.9 Å². The summed E-state index contributed by atoms with van der Waals surface area (Å²) < 4.78 is 10.6. The Labute approximate surface area is 123 Å². The van der Waals surface area contributed by atoms with E-state index in [0.717, 1.165) is 0 Å². The highest BCUT2D eigenvalue weighted by molar-refractivity contribution is 6.14. The molecule has 0 bridgehead atoms. The van der Waals surface area contributed by atoms with Gasteiger partial charge in [0.25, 0.3) is 0 Å². The quantitative estimate of drug-likeness (QED) is 0.584. The molecule has 2 aromatic heterocycles. The van der Waals surface area contributed by atoms with E-state index in [0.29, 0.717) is 33.3 Å². The Bertz CT molecular complexity index is 845. The lowest BCUT2D eigenvalue weighted by Gasteiger charge is -2.10. The zero-order valence-electron chi connectivity index (χ0n) is 11.7. The maximum atomic E-state index is 11.2. The van der Waals surface area contributed by atoms with Crippen LogP contribution in [-0.2, 0) is 0 Å². The van der Waals surface area contributed by atoms with Crippen LogP contribution in [0.1, 0.15) is 21.0 Å². The average molecular weight is 304 g/mol. The van der Waals surface area contributed by atoms with Crippen molar-refractivity contribution in [3.63, 3.8) is 0 Å². The SMILES string of the molecule is COc1c(OC)c2cc(C(=O)O)[nH]c2c2[nH]c(C(=O)O)cc12. The lowest BCUT2D eigenvalue weighted by Crippen LogP contribution is -1.95. The van der Waals surface area contributed by atoms with Crippen molar-refractivity contribution in [2.45, 2.75) is 0 Å². The van der Waals surface area contributed by atoms with Crippen molar-refractivity contribution in [1.82, 2.24) is 9.97 Å². The molecule has 0 aliphatic heterocycles. The number of H-pyrrole nitrogens is 2. The van der Waals surface area contributed by atoms with Gasteiger partial charge in [-0.15, -0.1) is 0 Å². The van der Waals surface area contributed by atoms with Gasteiger partial charge in [-0.05, 0) is 12.1 Å². The molecule has 0 aliphatic carbocycles. The number of carbonyl (C=O) groups is 2. The van der Waals surface area contributed by atoms with Gasteiger partial charge in [-0.2, -0.15) is 0 Å². The fraction of sp³-hybridized carbons (Fsp3) is 0.143. The van der Waals surface area contributed by atoms with Crippen molar-refractivity contribution >= 4 is 33.7 Å². The number of hydrogen-bond donors (Lipinski definition) is 4. The molecule has 1 aromatic carbocycles. The Morgan fingerprint density at radius 2 is 1.23 bits per heavy atom. The fourth-order valence-electron chi connectivity index (χ4n) is 2.54. The highest BCUT2D eigenvalue weighted by atomic mass is 16.5. The number of nitrogens with one attached hydrogen (secondary N) is 2. The number of carboxylic acids is 2. The maximum Gasteiger partial charge on any atom is 0.352 e. The second-order valence-electron chi connectivity index (χ2n) is 4.62. The fourth-order valence-corrected chi connectivity index (χ4v) is 2.54. The Morgan fingerprint density at radius 1 is 0.864 bits per heavy atom. The number of carboxylic acid groups (broad SMARTS) is 2. The van der Waals surface area contributed by atoms with Crippen LogP contribution in [0.5, 0.6) is 11.5 Å². The van der Waals surface area contributed by atoms with Crippen molar-refractivity contribution in [2.75, 3.05) is 14.2 Å². The van der Waals surface area contributed by atoms with Gasteiger partial charge in [-0.1, -0.05) is 0 Å². The second kappa shape index (κ2) is 4.69. The number of rotatable bonds is 4. The zero-order chi connectivity index (χ0) is 16.0. The number of benzene rings is 1. The van der Waals surface area contributed by atoms with E-state index in [9.17, 15) is 9.59 Å². The summed E-state index contributed by atoms with van der Waals surface area (Å²) in [5, 5.41) is 19.2.